The molecule has 0 bridgehead atoms. The zero-order valence-corrected chi connectivity index (χ0v) is 10.1. The molecule has 0 aliphatic rings. The van der Waals surface area contributed by atoms with Crippen molar-refractivity contribution in [3.63, 3.8) is 0 Å². The van der Waals surface area contributed by atoms with Gasteiger partial charge in [-0.05, 0) is 24.4 Å². The lowest BCUT2D eigenvalue weighted by molar-refractivity contribution is 0.294. The van der Waals surface area contributed by atoms with Gasteiger partial charge in [0.05, 0.1) is 6.61 Å². The van der Waals surface area contributed by atoms with E-state index in [1.54, 1.807) is 22.7 Å². The molecule has 0 atom stereocenters. The van der Waals surface area contributed by atoms with Crippen LogP contribution in [0.25, 0.3) is 0 Å². The summed E-state index contributed by atoms with van der Waals surface area (Å²) in [5.74, 6) is 0.944. The number of ether oxygens (including phenoxy) is 2. The van der Waals surface area contributed by atoms with Crippen LogP contribution in [0.15, 0.2) is 28.3 Å². The lowest BCUT2D eigenvalue weighted by Crippen LogP contribution is -1.97. The van der Waals surface area contributed by atoms with E-state index in [-0.39, 0.29) is 0 Å². The molecule has 2 rings (SSSR count). The maximum absolute atomic E-state index is 5.62. The Morgan fingerprint density at radius 2 is 2.20 bits per heavy atom. The van der Waals surface area contributed by atoms with Crippen LogP contribution in [0.5, 0.6) is 10.8 Å². The summed E-state index contributed by atoms with van der Waals surface area (Å²) in [7, 11) is 0. The van der Waals surface area contributed by atoms with E-state index >= 15 is 0 Å². The van der Waals surface area contributed by atoms with Crippen molar-refractivity contribution in [2.45, 2.75) is 13.5 Å². The van der Waals surface area contributed by atoms with Gasteiger partial charge in [0.1, 0.15) is 12.4 Å². The molecule has 80 valence electrons. The molecule has 2 aromatic heterocycles. The molecular weight excluding hydrogens is 228 g/mol. The molecule has 0 aliphatic carbocycles. The summed E-state index contributed by atoms with van der Waals surface area (Å²) < 4.78 is 11.1. The minimum atomic E-state index is 0.583. The normalized spacial score (nSPS) is 10.2. The van der Waals surface area contributed by atoms with Gasteiger partial charge in [0.2, 0.25) is 0 Å². The Kier molecular flexibility index (Phi) is 3.64. The van der Waals surface area contributed by atoms with Gasteiger partial charge in [0.25, 0.3) is 0 Å². The number of thiophene rings is 2. The summed E-state index contributed by atoms with van der Waals surface area (Å²) in [4.78, 5) is 0. The van der Waals surface area contributed by atoms with Gasteiger partial charge < -0.3 is 9.47 Å². The summed E-state index contributed by atoms with van der Waals surface area (Å²) >= 11 is 3.25. The second-order valence-corrected chi connectivity index (χ2v) is 4.57. The van der Waals surface area contributed by atoms with Gasteiger partial charge in [0, 0.05) is 16.3 Å². The van der Waals surface area contributed by atoms with Crippen molar-refractivity contribution in [2.75, 3.05) is 6.61 Å². The van der Waals surface area contributed by atoms with Crippen molar-refractivity contribution in [3.05, 3.63) is 33.8 Å². The van der Waals surface area contributed by atoms with Crippen molar-refractivity contribution < 1.29 is 9.47 Å². The topological polar surface area (TPSA) is 18.5 Å². The molecule has 0 saturated carbocycles. The van der Waals surface area contributed by atoms with E-state index in [2.05, 4.69) is 5.38 Å². The van der Waals surface area contributed by atoms with Gasteiger partial charge in [0.15, 0.2) is 5.06 Å². The average Bonchev–Trinajstić information content (AvgIpc) is 2.85. The molecule has 2 aromatic rings. The fourth-order valence-electron chi connectivity index (χ4n) is 1.19. The van der Waals surface area contributed by atoms with Crippen LogP contribution in [0.2, 0.25) is 0 Å². The molecule has 0 aliphatic heterocycles. The van der Waals surface area contributed by atoms with Gasteiger partial charge in [-0.15, -0.1) is 22.7 Å². The molecule has 0 aromatic carbocycles. The molecule has 2 nitrogen and oxygen atoms in total. The molecule has 0 amide bonds. The Hall–Kier alpha value is -1.000. The smallest absolute Gasteiger partial charge is 0.174 e. The first kappa shape index (κ1) is 10.5. The van der Waals surface area contributed by atoms with E-state index in [1.165, 1.54) is 0 Å². The Morgan fingerprint density at radius 3 is 2.93 bits per heavy atom. The van der Waals surface area contributed by atoms with Crippen LogP contribution in [0.4, 0.5) is 0 Å². The first-order valence-corrected chi connectivity index (χ1v) is 6.56. The summed E-state index contributed by atoms with van der Waals surface area (Å²) in [6.07, 6.45) is 0. The minimum Gasteiger partial charge on any atom is -0.493 e. The van der Waals surface area contributed by atoms with Crippen molar-refractivity contribution in [2.24, 2.45) is 0 Å². The Bertz CT molecular complexity index is 392. The summed E-state index contributed by atoms with van der Waals surface area (Å²) in [6, 6.07) is 3.95. The van der Waals surface area contributed by atoms with Gasteiger partial charge in [-0.1, -0.05) is 0 Å². The van der Waals surface area contributed by atoms with Crippen LogP contribution >= 0.6 is 22.7 Å². The Balaban J connectivity index is 1.95. The van der Waals surface area contributed by atoms with Crippen LogP contribution in [-0.2, 0) is 6.61 Å². The highest BCUT2D eigenvalue weighted by Crippen LogP contribution is 2.26. The highest BCUT2D eigenvalue weighted by molar-refractivity contribution is 7.11. The predicted molar refractivity (Wildman–Crippen MR) is 64.1 cm³/mol. The molecule has 0 N–H and O–H groups in total. The molecule has 4 heteroatoms. The summed E-state index contributed by atoms with van der Waals surface area (Å²) in [6.45, 7) is 3.27. The van der Waals surface area contributed by atoms with E-state index in [9.17, 15) is 0 Å². The lowest BCUT2D eigenvalue weighted by atomic mass is 10.3. The van der Waals surface area contributed by atoms with E-state index < -0.39 is 0 Å². The zero-order valence-electron chi connectivity index (χ0n) is 8.43. The second-order valence-electron chi connectivity index (χ2n) is 2.92. The van der Waals surface area contributed by atoms with Crippen LogP contribution in [-0.4, -0.2) is 6.61 Å². The van der Waals surface area contributed by atoms with E-state index in [0.29, 0.717) is 13.2 Å². The first-order valence-electron chi connectivity index (χ1n) is 4.74. The molecule has 0 saturated heterocycles. The maximum atomic E-state index is 5.62. The van der Waals surface area contributed by atoms with Gasteiger partial charge in [-0.2, -0.15) is 0 Å². The molecule has 15 heavy (non-hydrogen) atoms. The number of rotatable bonds is 5. The molecule has 0 fully saturated rings. The molecule has 0 spiro atoms. The third kappa shape index (κ3) is 2.73. The fraction of sp³-hybridized carbons (Fsp3) is 0.273. The third-order valence-electron chi connectivity index (χ3n) is 1.87. The van der Waals surface area contributed by atoms with Gasteiger partial charge >= 0.3 is 0 Å². The fourth-order valence-corrected chi connectivity index (χ4v) is 2.53. The molecule has 0 unspecified atom stereocenters. The Labute approximate surface area is 97.1 Å². The first-order chi connectivity index (χ1) is 7.40. The lowest BCUT2D eigenvalue weighted by Gasteiger charge is -2.05. The van der Waals surface area contributed by atoms with Crippen molar-refractivity contribution in [1.82, 2.24) is 0 Å². The average molecular weight is 240 g/mol. The van der Waals surface area contributed by atoms with Crippen LogP contribution in [0.1, 0.15) is 12.5 Å². The van der Waals surface area contributed by atoms with Crippen LogP contribution < -0.4 is 9.47 Å². The van der Waals surface area contributed by atoms with Crippen molar-refractivity contribution >= 4 is 22.7 Å². The second kappa shape index (κ2) is 5.19. The standard InChI is InChI=1S/C11H12O2S2/c1-2-12-10-8-14-7-9(10)6-13-11-4-3-5-15-11/h3-5,7-8H,2,6H2,1H3. The summed E-state index contributed by atoms with van der Waals surface area (Å²) in [5.41, 5.74) is 1.12. The Morgan fingerprint density at radius 1 is 1.27 bits per heavy atom. The highest BCUT2D eigenvalue weighted by atomic mass is 32.1. The molecule has 0 radical (unpaired) electrons. The molecule has 2 heterocycles. The van der Waals surface area contributed by atoms with Gasteiger partial charge in [-0.25, -0.2) is 0 Å². The van der Waals surface area contributed by atoms with E-state index in [0.717, 1.165) is 16.4 Å². The zero-order chi connectivity index (χ0) is 10.5. The number of hydrogen-bond acceptors (Lipinski definition) is 4. The highest BCUT2D eigenvalue weighted by Gasteiger charge is 2.05. The third-order valence-corrected chi connectivity index (χ3v) is 3.42. The summed E-state index contributed by atoms with van der Waals surface area (Å²) in [5, 5.41) is 7.03. The van der Waals surface area contributed by atoms with E-state index in [1.807, 2.05) is 29.8 Å². The van der Waals surface area contributed by atoms with Crippen molar-refractivity contribution in [1.29, 1.82) is 0 Å². The quantitative estimate of drug-likeness (QED) is 0.791. The van der Waals surface area contributed by atoms with E-state index in [4.69, 9.17) is 9.47 Å². The monoisotopic (exact) mass is 240 g/mol. The van der Waals surface area contributed by atoms with Gasteiger partial charge in [-0.3, -0.25) is 0 Å². The number of hydrogen-bond donors (Lipinski definition) is 0. The minimum absolute atomic E-state index is 0.583. The maximum Gasteiger partial charge on any atom is 0.174 e. The van der Waals surface area contributed by atoms with Crippen LogP contribution in [0, 0.1) is 0 Å². The molecular formula is C11H12O2S2. The largest absolute Gasteiger partial charge is 0.493 e. The SMILES string of the molecule is CCOc1cscc1COc1cccs1. The van der Waals surface area contributed by atoms with Crippen molar-refractivity contribution in [3.8, 4) is 10.8 Å². The predicted octanol–water partition coefficient (Wildman–Crippen LogP) is 3.79. The van der Waals surface area contributed by atoms with Crippen LogP contribution in [0.3, 0.4) is 0 Å².